The molecule has 162 valence electrons. The van der Waals surface area contributed by atoms with Gasteiger partial charge in [0.2, 0.25) is 11.9 Å². The average molecular weight is 437 g/mol. The number of fused-ring (bicyclic) bond motifs is 1. The van der Waals surface area contributed by atoms with Crippen molar-refractivity contribution in [2.45, 2.75) is 42.7 Å². The zero-order valence-electron chi connectivity index (χ0n) is 17.9. The fourth-order valence-corrected chi connectivity index (χ4v) is 4.58. The van der Waals surface area contributed by atoms with Crippen LogP contribution in [0, 0.1) is 0 Å². The quantitative estimate of drug-likeness (QED) is 0.546. The number of hydrogen-bond acceptors (Lipinski definition) is 7. The molecule has 1 aromatic carbocycles. The molecule has 2 N–H and O–H groups in total. The van der Waals surface area contributed by atoms with Gasteiger partial charge in [-0.25, -0.2) is 4.98 Å². The zero-order chi connectivity index (χ0) is 21.6. The Bertz CT molecular complexity index is 1020. The molecule has 0 unspecified atom stereocenters. The molecule has 1 saturated carbocycles. The van der Waals surface area contributed by atoms with Crippen molar-refractivity contribution in [1.29, 1.82) is 0 Å². The molecule has 31 heavy (non-hydrogen) atoms. The molecule has 1 aliphatic carbocycles. The monoisotopic (exact) mass is 436 g/mol. The first-order valence-corrected chi connectivity index (χ1v) is 11.6. The Hall–Kier alpha value is -2.87. The van der Waals surface area contributed by atoms with E-state index in [1.54, 1.807) is 12.4 Å². The number of thioether (sulfide) groups is 1. The van der Waals surface area contributed by atoms with E-state index in [1.165, 1.54) is 11.8 Å². The highest BCUT2D eigenvalue weighted by atomic mass is 32.2. The van der Waals surface area contributed by atoms with Gasteiger partial charge in [-0.2, -0.15) is 4.98 Å². The summed E-state index contributed by atoms with van der Waals surface area (Å²) >= 11 is 1.54. The number of hydrogen-bond donors (Lipinski definition) is 2. The molecule has 1 aliphatic rings. The number of nitrogens with one attached hydrogen (secondary N) is 2. The minimum absolute atomic E-state index is 0.0895. The summed E-state index contributed by atoms with van der Waals surface area (Å²) in [5.41, 5.74) is 0.941. The van der Waals surface area contributed by atoms with E-state index in [2.05, 4.69) is 21.7 Å². The number of carbonyl (C=O) groups is 1. The lowest BCUT2D eigenvalue weighted by Gasteiger charge is -2.30. The molecule has 4 rings (SSSR count). The molecule has 2 heterocycles. The second kappa shape index (κ2) is 9.96. The number of pyridine rings is 1. The van der Waals surface area contributed by atoms with Gasteiger partial charge in [-0.3, -0.25) is 9.78 Å². The van der Waals surface area contributed by atoms with Crippen molar-refractivity contribution in [3.05, 3.63) is 48.8 Å². The zero-order valence-corrected chi connectivity index (χ0v) is 18.7. The van der Waals surface area contributed by atoms with Crippen molar-refractivity contribution in [2.75, 3.05) is 30.1 Å². The van der Waals surface area contributed by atoms with Gasteiger partial charge < -0.3 is 15.5 Å². The fraction of sp³-hybridized carbons (Fsp3) is 0.391. The van der Waals surface area contributed by atoms with Gasteiger partial charge in [-0.05, 0) is 49.9 Å². The third-order valence-electron chi connectivity index (χ3n) is 5.45. The van der Waals surface area contributed by atoms with Crippen molar-refractivity contribution in [1.82, 2.24) is 20.3 Å². The summed E-state index contributed by atoms with van der Waals surface area (Å²) < 4.78 is 0. The predicted molar refractivity (Wildman–Crippen MR) is 127 cm³/mol. The van der Waals surface area contributed by atoms with Crippen molar-refractivity contribution in [3.8, 4) is 0 Å². The number of amides is 1. The Morgan fingerprint density at radius 1 is 1.03 bits per heavy atom. The summed E-state index contributed by atoms with van der Waals surface area (Å²) in [6.45, 7) is 0. The Labute approximate surface area is 187 Å². The second-order valence-electron chi connectivity index (χ2n) is 8.01. The summed E-state index contributed by atoms with van der Waals surface area (Å²) in [4.78, 5) is 28.8. The van der Waals surface area contributed by atoms with Crippen LogP contribution in [0.4, 0.5) is 11.8 Å². The minimum Gasteiger partial charge on any atom is -0.362 e. The van der Waals surface area contributed by atoms with E-state index in [-0.39, 0.29) is 11.9 Å². The van der Waals surface area contributed by atoms with Crippen molar-refractivity contribution in [2.24, 2.45) is 0 Å². The van der Waals surface area contributed by atoms with E-state index >= 15 is 0 Å². The lowest BCUT2D eigenvalue weighted by molar-refractivity contribution is -0.119. The van der Waals surface area contributed by atoms with Crippen LogP contribution in [0.5, 0.6) is 0 Å². The fourth-order valence-electron chi connectivity index (χ4n) is 3.88. The molecular weight excluding hydrogens is 408 g/mol. The molecule has 0 bridgehead atoms. The van der Waals surface area contributed by atoms with Crippen LogP contribution in [-0.2, 0) is 4.79 Å². The molecule has 0 spiro atoms. The standard InChI is InChI=1S/C23H28N6OS/c1-29(2)22-19-5-3-4-6-20(19)27-23(28-22)26-17-9-7-16(8-10-17)25-21(30)15-31-18-11-13-24-14-12-18/h3-6,11-14,16-17H,7-10,15H2,1-2H3,(H,25,30)(H,26,27,28). The van der Waals surface area contributed by atoms with Crippen molar-refractivity contribution >= 4 is 40.3 Å². The van der Waals surface area contributed by atoms with Gasteiger partial charge >= 0.3 is 0 Å². The molecule has 1 amide bonds. The summed E-state index contributed by atoms with van der Waals surface area (Å²) in [6, 6.07) is 12.5. The first-order valence-electron chi connectivity index (χ1n) is 10.6. The van der Waals surface area contributed by atoms with Crippen LogP contribution in [-0.4, -0.2) is 52.8 Å². The number of rotatable bonds is 7. The van der Waals surface area contributed by atoms with Crippen LogP contribution < -0.4 is 15.5 Å². The smallest absolute Gasteiger partial charge is 0.230 e. The van der Waals surface area contributed by atoms with Crippen LogP contribution in [0.25, 0.3) is 10.9 Å². The van der Waals surface area contributed by atoms with E-state index in [0.717, 1.165) is 47.3 Å². The summed E-state index contributed by atoms with van der Waals surface area (Å²) in [5.74, 6) is 2.11. The molecule has 0 radical (unpaired) electrons. The number of aromatic nitrogens is 3. The number of benzene rings is 1. The van der Waals surface area contributed by atoms with Crippen molar-refractivity contribution < 1.29 is 4.79 Å². The Morgan fingerprint density at radius 3 is 2.48 bits per heavy atom. The number of carbonyl (C=O) groups excluding carboxylic acids is 1. The predicted octanol–water partition coefficient (Wildman–Crippen LogP) is 3.72. The van der Waals surface area contributed by atoms with Crippen LogP contribution in [0.15, 0.2) is 53.7 Å². The number of nitrogens with zero attached hydrogens (tertiary/aromatic N) is 4. The first kappa shape index (κ1) is 21.4. The van der Waals surface area contributed by atoms with Crippen LogP contribution in [0.3, 0.4) is 0 Å². The Morgan fingerprint density at radius 2 is 1.74 bits per heavy atom. The average Bonchev–Trinajstić information content (AvgIpc) is 2.79. The number of para-hydroxylation sites is 1. The maximum atomic E-state index is 12.3. The summed E-state index contributed by atoms with van der Waals surface area (Å²) in [5, 5.41) is 7.75. The van der Waals surface area contributed by atoms with Gasteiger partial charge in [-0.15, -0.1) is 11.8 Å². The van der Waals surface area contributed by atoms with Gasteiger partial charge in [0.25, 0.3) is 0 Å². The maximum Gasteiger partial charge on any atom is 0.230 e. The van der Waals surface area contributed by atoms with Crippen LogP contribution in [0.2, 0.25) is 0 Å². The lowest BCUT2D eigenvalue weighted by atomic mass is 9.91. The molecular formula is C23H28N6OS. The molecule has 2 aromatic heterocycles. The molecule has 7 nitrogen and oxygen atoms in total. The molecule has 3 aromatic rings. The topological polar surface area (TPSA) is 83.0 Å². The van der Waals surface area contributed by atoms with E-state index in [9.17, 15) is 4.79 Å². The van der Waals surface area contributed by atoms with E-state index < -0.39 is 0 Å². The van der Waals surface area contributed by atoms with E-state index in [1.807, 2.05) is 49.3 Å². The normalized spacial score (nSPS) is 18.5. The highest BCUT2D eigenvalue weighted by Gasteiger charge is 2.23. The third kappa shape index (κ3) is 5.64. The van der Waals surface area contributed by atoms with Crippen LogP contribution >= 0.6 is 11.8 Å². The van der Waals surface area contributed by atoms with Gasteiger partial charge in [-0.1, -0.05) is 12.1 Å². The Kier molecular flexibility index (Phi) is 6.86. The summed E-state index contributed by atoms with van der Waals surface area (Å²) in [6.07, 6.45) is 7.37. The molecule has 0 saturated heterocycles. The van der Waals surface area contributed by atoms with E-state index in [4.69, 9.17) is 9.97 Å². The highest BCUT2D eigenvalue weighted by molar-refractivity contribution is 8.00. The molecule has 0 atom stereocenters. The van der Waals surface area contributed by atoms with Crippen LogP contribution in [0.1, 0.15) is 25.7 Å². The lowest BCUT2D eigenvalue weighted by Crippen LogP contribution is -2.41. The molecule has 1 fully saturated rings. The van der Waals surface area contributed by atoms with Gasteiger partial charge in [0.15, 0.2) is 0 Å². The Balaban J connectivity index is 1.29. The van der Waals surface area contributed by atoms with Crippen molar-refractivity contribution in [3.63, 3.8) is 0 Å². The second-order valence-corrected chi connectivity index (χ2v) is 9.06. The van der Waals surface area contributed by atoms with Gasteiger partial charge in [0.05, 0.1) is 11.3 Å². The summed E-state index contributed by atoms with van der Waals surface area (Å²) in [7, 11) is 4.00. The largest absolute Gasteiger partial charge is 0.362 e. The third-order valence-corrected chi connectivity index (χ3v) is 6.46. The number of anilines is 2. The highest BCUT2D eigenvalue weighted by Crippen LogP contribution is 2.26. The SMILES string of the molecule is CN(C)c1nc(NC2CCC(NC(=O)CSc3ccncc3)CC2)nc2ccccc12. The molecule has 8 heteroatoms. The molecule has 0 aliphatic heterocycles. The van der Waals surface area contributed by atoms with Gasteiger partial charge in [0.1, 0.15) is 5.82 Å². The first-order chi connectivity index (χ1) is 15.1. The van der Waals surface area contributed by atoms with E-state index in [0.29, 0.717) is 17.7 Å². The van der Waals surface area contributed by atoms with Gasteiger partial charge in [0, 0.05) is 48.9 Å². The minimum atomic E-state index is 0.0895. The maximum absolute atomic E-state index is 12.3.